The summed E-state index contributed by atoms with van der Waals surface area (Å²) in [5.74, 6) is -1.29. The summed E-state index contributed by atoms with van der Waals surface area (Å²) in [6, 6.07) is 15.4. The van der Waals surface area contributed by atoms with E-state index in [2.05, 4.69) is 13.5 Å². The van der Waals surface area contributed by atoms with Crippen LogP contribution in [0.2, 0.25) is 0 Å². The summed E-state index contributed by atoms with van der Waals surface area (Å²) in [5, 5.41) is 0. The van der Waals surface area contributed by atoms with E-state index >= 15 is 4.39 Å². The molecular formula is C31H33F3O. The monoisotopic (exact) mass is 478 g/mol. The number of ether oxygens (including phenoxy) is 1. The van der Waals surface area contributed by atoms with Crippen molar-refractivity contribution in [2.24, 2.45) is 5.92 Å². The second-order valence-electron chi connectivity index (χ2n) is 9.46. The molecule has 3 aromatic carbocycles. The van der Waals surface area contributed by atoms with Crippen molar-refractivity contribution in [1.29, 1.82) is 0 Å². The molecule has 184 valence electrons. The molecule has 1 nitrogen and oxygen atoms in total. The highest BCUT2D eigenvalue weighted by molar-refractivity contribution is 5.71. The van der Waals surface area contributed by atoms with Crippen LogP contribution < -0.4 is 4.74 Å². The molecule has 1 aliphatic carbocycles. The van der Waals surface area contributed by atoms with Gasteiger partial charge in [-0.05, 0) is 78.8 Å². The zero-order valence-electron chi connectivity index (χ0n) is 20.3. The first kappa shape index (κ1) is 25.1. The quantitative estimate of drug-likeness (QED) is 0.220. The number of rotatable bonds is 9. The van der Waals surface area contributed by atoms with E-state index in [-0.39, 0.29) is 17.1 Å². The van der Waals surface area contributed by atoms with Crippen molar-refractivity contribution in [3.63, 3.8) is 0 Å². The lowest BCUT2D eigenvalue weighted by atomic mass is 9.78. The minimum Gasteiger partial charge on any atom is -0.490 e. The van der Waals surface area contributed by atoms with Crippen LogP contribution in [0.15, 0.2) is 67.3 Å². The van der Waals surface area contributed by atoms with Crippen molar-refractivity contribution in [2.45, 2.75) is 57.8 Å². The highest BCUT2D eigenvalue weighted by atomic mass is 19.2. The van der Waals surface area contributed by atoms with Gasteiger partial charge in [-0.2, -0.15) is 4.39 Å². The van der Waals surface area contributed by atoms with E-state index in [1.807, 2.05) is 18.2 Å². The van der Waals surface area contributed by atoms with Crippen LogP contribution >= 0.6 is 0 Å². The van der Waals surface area contributed by atoms with Gasteiger partial charge in [-0.15, -0.1) is 6.58 Å². The fraction of sp³-hybridized carbons (Fsp3) is 0.355. The van der Waals surface area contributed by atoms with Gasteiger partial charge in [0.1, 0.15) is 5.82 Å². The number of allylic oxidation sites excluding steroid dienone is 1. The van der Waals surface area contributed by atoms with Gasteiger partial charge in [0, 0.05) is 11.1 Å². The Labute approximate surface area is 206 Å². The van der Waals surface area contributed by atoms with E-state index in [1.165, 1.54) is 12.1 Å². The lowest BCUT2D eigenvalue weighted by Crippen LogP contribution is -2.11. The number of unbranched alkanes of at least 4 members (excludes halogenated alkanes) is 2. The van der Waals surface area contributed by atoms with Crippen molar-refractivity contribution in [3.05, 3.63) is 90.3 Å². The average Bonchev–Trinajstić information content (AvgIpc) is 2.89. The summed E-state index contributed by atoms with van der Waals surface area (Å²) in [6.07, 6.45) is 9.14. The first-order valence-corrected chi connectivity index (χ1v) is 12.7. The molecule has 0 heterocycles. The smallest absolute Gasteiger partial charge is 0.201 e. The van der Waals surface area contributed by atoms with Gasteiger partial charge in [0.25, 0.3) is 0 Å². The van der Waals surface area contributed by atoms with Crippen LogP contribution in [0.1, 0.15) is 63.4 Å². The summed E-state index contributed by atoms with van der Waals surface area (Å²) < 4.78 is 49.7. The van der Waals surface area contributed by atoms with Crippen LogP contribution in [-0.4, -0.2) is 6.61 Å². The molecule has 0 saturated heterocycles. The predicted octanol–water partition coefficient (Wildman–Crippen LogP) is 9.47. The maximum absolute atomic E-state index is 15.0. The Morgan fingerprint density at radius 1 is 0.829 bits per heavy atom. The highest BCUT2D eigenvalue weighted by Gasteiger charge is 2.22. The summed E-state index contributed by atoms with van der Waals surface area (Å²) in [7, 11) is 0. The van der Waals surface area contributed by atoms with E-state index in [0.29, 0.717) is 35.1 Å². The molecule has 0 aromatic heterocycles. The molecule has 4 heteroatoms. The van der Waals surface area contributed by atoms with Gasteiger partial charge in [-0.25, -0.2) is 8.78 Å². The second kappa shape index (κ2) is 11.6. The number of hydrogen-bond acceptors (Lipinski definition) is 1. The number of hydrogen-bond donors (Lipinski definition) is 0. The summed E-state index contributed by atoms with van der Waals surface area (Å²) in [4.78, 5) is 0. The van der Waals surface area contributed by atoms with E-state index < -0.39 is 11.6 Å². The minimum atomic E-state index is -0.980. The third kappa shape index (κ3) is 5.80. The van der Waals surface area contributed by atoms with E-state index in [0.717, 1.165) is 50.5 Å². The van der Waals surface area contributed by atoms with Crippen LogP contribution in [0, 0.1) is 23.4 Å². The SMILES string of the molecule is C=CC1CCC(c2ccc(-c3ccc(-c4ccc(OCCCCC)c(F)c4F)cc3)c(F)c2)CC1. The molecule has 1 aliphatic rings. The lowest BCUT2D eigenvalue weighted by molar-refractivity contribution is 0.286. The average molecular weight is 479 g/mol. The third-order valence-corrected chi connectivity index (χ3v) is 7.13. The maximum Gasteiger partial charge on any atom is 0.201 e. The molecule has 1 saturated carbocycles. The molecule has 0 spiro atoms. The minimum absolute atomic E-state index is 0.0703. The Balaban J connectivity index is 1.48. The molecular weight excluding hydrogens is 445 g/mol. The molecule has 0 aliphatic heterocycles. The Bertz CT molecular complexity index is 1140. The van der Waals surface area contributed by atoms with Gasteiger partial charge in [0.05, 0.1) is 6.61 Å². The standard InChI is InChI=1S/C31H33F3O/c1-3-5-6-19-35-29-18-17-27(30(33)31(29)34)24-13-11-23(12-14-24)26-16-15-25(20-28(26)32)22-9-7-21(4-2)8-10-22/h4,11-18,20-22H,2-3,5-10,19H2,1H3. The molecule has 4 rings (SSSR count). The van der Waals surface area contributed by atoms with Crippen molar-refractivity contribution in [2.75, 3.05) is 6.61 Å². The fourth-order valence-electron chi connectivity index (χ4n) is 4.94. The summed E-state index contributed by atoms with van der Waals surface area (Å²) in [5.41, 5.74) is 2.92. The Morgan fingerprint density at radius 3 is 2.11 bits per heavy atom. The normalized spacial score (nSPS) is 17.8. The van der Waals surface area contributed by atoms with Crippen molar-refractivity contribution >= 4 is 0 Å². The fourth-order valence-corrected chi connectivity index (χ4v) is 4.94. The summed E-state index contributed by atoms with van der Waals surface area (Å²) in [6.45, 7) is 6.32. The van der Waals surface area contributed by atoms with Gasteiger partial charge < -0.3 is 4.74 Å². The predicted molar refractivity (Wildman–Crippen MR) is 137 cm³/mol. The summed E-state index contributed by atoms with van der Waals surface area (Å²) >= 11 is 0. The zero-order chi connectivity index (χ0) is 24.8. The van der Waals surface area contributed by atoms with Crippen molar-refractivity contribution in [1.82, 2.24) is 0 Å². The molecule has 0 amide bonds. The lowest BCUT2D eigenvalue weighted by Gasteiger charge is -2.27. The van der Waals surface area contributed by atoms with Crippen LogP contribution in [0.5, 0.6) is 5.75 Å². The van der Waals surface area contributed by atoms with Crippen molar-refractivity contribution < 1.29 is 17.9 Å². The molecule has 1 fully saturated rings. The first-order valence-electron chi connectivity index (χ1n) is 12.7. The molecule has 3 aromatic rings. The molecule has 0 bridgehead atoms. The third-order valence-electron chi connectivity index (χ3n) is 7.13. The Hall–Kier alpha value is -3.01. The van der Waals surface area contributed by atoms with Gasteiger partial charge in [0.15, 0.2) is 11.6 Å². The van der Waals surface area contributed by atoms with E-state index in [4.69, 9.17) is 4.74 Å². The van der Waals surface area contributed by atoms with Crippen molar-refractivity contribution in [3.8, 4) is 28.0 Å². The molecule has 0 unspecified atom stereocenters. The van der Waals surface area contributed by atoms with Gasteiger partial charge >= 0.3 is 0 Å². The van der Waals surface area contributed by atoms with Crippen LogP contribution in [0.3, 0.4) is 0 Å². The first-order chi connectivity index (χ1) is 17.0. The van der Waals surface area contributed by atoms with Gasteiger partial charge in [-0.3, -0.25) is 0 Å². The van der Waals surface area contributed by atoms with E-state index in [9.17, 15) is 8.78 Å². The van der Waals surface area contributed by atoms with Gasteiger partial charge in [0.2, 0.25) is 5.82 Å². The van der Waals surface area contributed by atoms with Crippen LogP contribution in [0.4, 0.5) is 13.2 Å². The molecule has 35 heavy (non-hydrogen) atoms. The van der Waals surface area contributed by atoms with Crippen LogP contribution in [0.25, 0.3) is 22.3 Å². The zero-order valence-corrected chi connectivity index (χ0v) is 20.3. The number of benzene rings is 3. The second-order valence-corrected chi connectivity index (χ2v) is 9.46. The molecule has 0 N–H and O–H groups in total. The number of halogens is 3. The van der Waals surface area contributed by atoms with Gasteiger partial charge in [-0.1, -0.05) is 62.2 Å². The maximum atomic E-state index is 15.0. The molecule has 0 radical (unpaired) electrons. The van der Waals surface area contributed by atoms with E-state index in [1.54, 1.807) is 30.3 Å². The highest BCUT2D eigenvalue weighted by Crippen LogP contribution is 2.38. The topological polar surface area (TPSA) is 9.23 Å². The largest absolute Gasteiger partial charge is 0.490 e. The Morgan fingerprint density at radius 2 is 1.49 bits per heavy atom. The molecule has 0 atom stereocenters. The van der Waals surface area contributed by atoms with Crippen LogP contribution in [-0.2, 0) is 0 Å². The Kier molecular flexibility index (Phi) is 8.33.